The van der Waals surface area contributed by atoms with Crippen molar-refractivity contribution in [1.82, 2.24) is 9.47 Å². The summed E-state index contributed by atoms with van der Waals surface area (Å²) >= 11 is 0. The Bertz CT molecular complexity index is 467. The van der Waals surface area contributed by atoms with Crippen molar-refractivity contribution in [2.75, 3.05) is 19.7 Å². The van der Waals surface area contributed by atoms with Crippen LogP contribution in [-0.4, -0.2) is 51.9 Å². The maximum Gasteiger partial charge on any atom is 0.270 e. The van der Waals surface area contributed by atoms with Gasteiger partial charge in [0.1, 0.15) is 5.69 Å². The first kappa shape index (κ1) is 15.1. The van der Waals surface area contributed by atoms with E-state index in [0.717, 1.165) is 13.0 Å². The van der Waals surface area contributed by atoms with E-state index in [1.807, 2.05) is 36.7 Å². The molecule has 1 unspecified atom stereocenters. The van der Waals surface area contributed by atoms with Crippen LogP contribution in [0.1, 0.15) is 37.7 Å². The summed E-state index contributed by atoms with van der Waals surface area (Å²) in [6.45, 7) is 7.73. The lowest BCUT2D eigenvalue weighted by molar-refractivity contribution is -0.139. The quantitative estimate of drug-likeness (QED) is 0.909. The van der Waals surface area contributed by atoms with E-state index in [2.05, 4.69) is 6.92 Å². The minimum Gasteiger partial charge on any atom is -0.394 e. The molecule has 20 heavy (non-hydrogen) atoms. The van der Waals surface area contributed by atoms with Crippen LogP contribution in [0.2, 0.25) is 0 Å². The van der Waals surface area contributed by atoms with Gasteiger partial charge in [0.25, 0.3) is 5.91 Å². The van der Waals surface area contributed by atoms with E-state index in [1.165, 1.54) is 0 Å². The molecule has 1 N–H and O–H groups in total. The molecule has 112 valence electrons. The fourth-order valence-corrected chi connectivity index (χ4v) is 2.75. The maximum absolute atomic E-state index is 12.7. The summed E-state index contributed by atoms with van der Waals surface area (Å²) in [7, 11) is 0. The molecular weight excluding hydrogens is 256 g/mol. The molecular formula is C15H24N2O3. The van der Waals surface area contributed by atoms with Gasteiger partial charge in [0, 0.05) is 25.8 Å². The van der Waals surface area contributed by atoms with Crippen molar-refractivity contribution in [2.45, 2.75) is 45.4 Å². The van der Waals surface area contributed by atoms with Gasteiger partial charge in [0.15, 0.2) is 0 Å². The molecule has 0 aromatic carbocycles. The van der Waals surface area contributed by atoms with E-state index in [1.54, 1.807) is 4.90 Å². The van der Waals surface area contributed by atoms with Gasteiger partial charge in [-0.1, -0.05) is 6.92 Å². The van der Waals surface area contributed by atoms with Crippen LogP contribution in [0, 0.1) is 0 Å². The number of aromatic nitrogens is 1. The molecule has 2 heterocycles. The number of hydrogen-bond acceptors (Lipinski definition) is 3. The van der Waals surface area contributed by atoms with Crippen LogP contribution >= 0.6 is 0 Å². The number of amides is 1. The van der Waals surface area contributed by atoms with E-state index in [9.17, 15) is 9.90 Å². The van der Waals surface area contributed by atoms with Crippen LogP contribution in [0.15, 0.2) is 18.3 Å². The first-order chi connectivity index (χ1) is 9.46. The molecule has 0 saturated carbocycles. The van der Waals surface area contributed by atoms with Crippen LogP contribution in [0.5, 0.6) is 0 Å². The van der Waals surface area contributed by atoms with E-state index in [4.69, 9.17) is 4.74 Å². The zero-order valence-electron chi connectivity index (χ0n) is 12.5. The summed E-state index contributed by atoms with van der Waals surface area (Å²) < 4.78 is 7.73. The number of nitrogens with zero attached hydrogens (tertiary/aromatic N) is 2. The van der Waals surface area contributed by atoms with E-state index in [-0.39, 0.29) is 18.6 Å². The number of carbonyl (C=O) groups excluding carboxylic acids is 1. The third-order valence-corrected chi connectivity index (χ3v) is 3.49. The topological polar surface area (TPSA) is 54.7 Å². The minimum atomic E-state index is -0.427. The summed E-state index contributed by atoms with van der Waals surface area (Å²) in [6.07, 6.45) is 2.62. The lowest BCUT2D eigenvalue weighted by atomic mass is 10.0. The lowest BCUT2D eigenvalue weighted by Gasteiger charge is -2.42. The molecule has 0 spiro atoms. The molecule has 1 aliphatic rings. The summed E-state index contributed by atoms with van der Waals surface area (Å²) in [5.74, 6) is 0.0123. The number of aryl methyl sites for hydroxylation is 1. The van der Waals surface area contributed by atoms with Gasteiger partial charge in [0.2, 0.25) is 0 Å². The van der Waals surface area contributed by atoms with Crippen molar-refractivity contribution in [3.8, 4) is 0 Å². The summed E-state index contributed by atoms with van der Waals surface area (Å²) in [5.41, 5.74) is 0.282. The molecule has 5 nitrogen and oxygen atoms in total. The molecule has 0 radical (unpaired) electrons. The highest BCUT2D eigenvalue weighted by Gasteiger charge is 2.36. The molecule has 0 aliphatic carbocycles. The Morgan fingerprint density at radius 1 is 1.55 bits per heavy atom. The molecule has 1 aliphatic heterocycles. The van der Waals surface area contributed by atoms with Crippen LogP contribution in [-0.2, 0) is 11.3 Å². The standard InChI is InChI=1S/C15H24N2O3/c1-4-7-16-8-5-6-13(16)14(19)17-9-12(10-18)20-15(2,3)11-17/h5-6,8,12,18H,4,7,9-11H2,1-3H3. The normalized spacial score (nSPS) is 22.0. The average Bonchev–Trinajstić information content (AvgIpc) is 2.84. The third-order valence-electron chi connectivity index (χ3n) is 3.49. The van der Waals surface area contributed by atoms with Gasteiger partial charge in [0.05, 0.1) is 18.3 Å². The summed E-state index contributed by atoms with van der Waals surface area (Å²) in [4.78, 5) is 14.5. The molecule has 0 bridgehead atoms. The molecule has 1 aromatic rings. The fourth-order valence-electron chi connectivity index (χ4n) is 2.75. The summed E-state index contributed by atoms with van der Waals surface area (Å²) in [5, 5.41) is 9.32. The zero-order chi connectivity index (χ0) is 14.8. The Labute approximate surface area is 120 Å². The predicted octanol–water partition coefficient (Wildman–Crippen LogP) is 1.51. The molecule has 1 amide bonds. The van der Waals surface area contributed by atoms with Crippen molar-refractivity contribution in [3.05, 3.63) is 24.0 Å². The lowest BCUT2D eigenvalue weighted by Crippen LogP contribution is -2.55. The number of carbonyl (C=O) groups is 1. The second kappa shape index (κ2) is 5.97. The Balaban J connectivity index is 2.17. The van der Waals surface area contributed by atoms with Crippen LogP contribution < -0.4 is 0 Å². The van der Waals surface area contributed by atoms with Gasteiger partial charge in [-0.15, -0.1) is 0 Å². The number of ether oxygens (including phenoxy) is 1. The molecule has 2 rings (SSSR count). The first-order valence-corrected chi connectivity index (χ1v) is 7.20. The van der Waals surface area contributed by atoms with E-state index < -0.39 is 5.60 Å². The van der Waals surface area contributed by atoms with Crippen molar-refractivity contribution < 1.29 is 14.6 Å². The highest BCUT2D eigenvalue weighted by Crippen LogP contribution is 2.22. The molecule has 1 aromatic heterocycles. The van der Waals surface area contributed by atoms with Crippen molar-refractivity contribution >= 4 is 5.91 Å². The monoisotopic (exact) mass is 280 g/mol. The van der Waals surface area contributed by atoms with Gasteiger partial charge >= 0.3 is 0 Å². The molecule has 1 atom stereocenters. The SMILES string of the molecule is CCCn1cccc1C(=O)N1CC(CO)OC(C)(C)C1. The second-order valence-electron chi connectivity index (χ2n) is 5.95. The third kappa shape index (κ3) is 3.22. The van der Waals surface area contributed by atoms with Crippen LogP contribution in [0.3, 0.4) is 0 Å². The maximum atomic E-state index is 12.7. The Kier molecular flexibility index (Phi) is 4.50. The Morgan fingerprint density at radius 2 is 2.30 bits per heavy atom. The van der Waals surface area contributed by atoms with Gasteiger partial charge in [-0.2, -0.15) is 0 Å². The number of hydrogen-bond donors (Lipinski definition) is 1. The highest BCUT2D eigenvalue weighted by atomic mass is 16.5. The van der Waals surface area contributed by atoms with E-state index >= 15 is 0 Å². The summed E-state index contributed by atoms with van der Waals surface area (Å²) in [6, 6.07) is 3.76. The zero-order valence-corrected chi connectivity index (χ0v) is 12.5. The van der Waals surface area contributed by atoms with Crippen molar-refractivity contribution in [1.29, 1.82) is 0 Å². The van der Waals surface area contributed by atoms with Crippen molar-refractivity contribution in [2.24, 2.45) is 0 Å². The van der Waals surface area contributed by atoms with Gasteiger partial charge in [-0.05, 0) is 32.4 Å². The number of rotatable bonds is 4. The Hall–Kier alpha value is -1.33. The van der Waals surface area contributed by atoms with Gasteiger partial charge < -0.3 is 19.3 Å². The van der Waals surface area contributed by atoms with Crippen molar-refractivity contribution in [3.63, 3.8) is 0 Å². The smallest absolute Gasteiger partial charge is 0.270 e. The van der Waals surface area contributed by atoms with Gasteiger partial charge in [-0.25, -0.2) is 0 Å². The molecule has 1 fully saturated rings. The minimum absolute atomic E-state index is 0.0123. The van der Waals surface area contributed by atoms with E-state index in [0.29, 0.717) is 18.8 Å². The largest absolute Gasteiger partial charge is 0.394 e. The van der Waals surface area contributed by atoms with Gasteiger partial charge in [-0.3, -0.25) is 4.79 Å². The second-order valence-corrected chi connectivity index (χ2v) is 5.95. The first-order valence-electron chi connectivity index (χ1n) is 7.20. The number of aliphatic hydroxyl groups excluding tert-OH is 1. The fraction of sp³-hybridized carbons (Fsp3) is 0.667. The Morgan fingerprint density at radius 3 is 2.95 bits per heavy atom. The number of morpholine rings is 1. The van der Waals surface area contributed by atoms with Crippen LogP contribution in [0.4, 0.5) is 0 Å². The predicted molar refractivity (Wildman–Crippen MR) is 76.7 cm³/mol. The molecule has 5 heteroatoms. The average molecular weight is 280 g/mol. The molecule has 1 saturated heterocycles. The van der Waals surface area contributed by atoms with Crippen LogP contribution in [0.25, 0.3) is 0 Å². The number of aliphatic hydroxyl groups is 1. The highest BCUT2D eigenvalue weighted by molar-refractivity contribution is 5.93.